The Labute approximate surface area is 126 Å². The van der Waals surface area contributed by atoms with Crippen molar-refractivity contribution >= 4 is 40.4 Å². The zero-order chi connectivity index (χ0) is 13.6. The van der Waals surface area contributed by atoms with Crippen molar-refractivity contribution in [3.8, 4) is 0 Å². The average molecular weight is 319 g/mol. The van der Waals surface area contributed by atoms with Gasteiger partial charge in [0, 0.05) is 19.1 Å². The molecule has 1 unspecified atom stereocenters. The van der Waals surface area contributed by atoms with E-state index >= 15 is 0 Å². The smallest absolute Gasteiger partial charge is 0.256 e. The molecule has 1 aromatic rings. The van der Waals surface area contributed by atoms with Gasteiger partial charge in [0.15, 0.2) is 0 Å². The largest absolute Gasteiger partial charge is 0.338 e. The minimum atomic E-state index is 0.0103. The fourth-order valence-corrected chi connectivity index (χ4v) is 4.74. The Kier molecular flexibility index (Phi) is 3.78. The van der Waals surface area contributed by atoms with Gasteiger partial charge in [-0.15, -0.1) is 11.3 Å². The van der Waals surface area contributed by atoms with E-state index in [0.717, 1.165) is 32.4 Å². The summed E-state index contributed by atoms with van der Waals surface area (Å²) in [5.41, 5.74) is 6.55. The molecule has 0 aromatic carbocycles. The lowest BCUT2D eigenvalue weighted by Gasteiger charge is -2.27. The van der Waals surface area contributed by atoms with Crippen molar-refractivity contribution in [2.45, 2.75) is 25.3 Å². The van der Waals surface area contributed by atoms with Gasteiger partial charge in [0.2, 0.25) is 0 Å². The number of carbonyl (C=O) groups excluding carboxylic acids is 1. The summed E-state index contributed by atoms with van der Waals surface area (Å²) in [6.07, 6.45) is 3.24. The lowest BCUT2D eigenvalue weighted by molar-refractivity contribution is 0.0784. The number of hydrogen-bond donors (Lipinski definition) is 1. The molecule has 1 amide bonds. The minimum Gasteiger partial charge on any atom is -0.338 e. The summed E-state index contributed by atoms with van der Waals surface area (Å²) in [7, 11) is 0. The first kappa shape index (κ1) is 13.7. The summed E-state index contributed by atoms with van der Waals surface area (Å²) in [6.45, 7) is 1.64. The zero-order valence-electron chi connectivity index (χ0n) is 10.4. The van der Waals surface area contributed by atoms with Crippen molar-refractivity contribution in [1.29, 1.82) is 0 Å². The molecule has 1 saturated heterocycles. The molecule has 0 radical (unpaired) electrons. The number of thiophene rings is 1. The number of fused-ring (bicyclic) bond motifs is 1. The molecule has 1 aliphatic carbocycles. The first-order chi connectivity index (χ1) is 9.04. The first-order valence-electron chi connectivity index (χ1n) is 6.54. The van der Waals surface area contributed by atoms with Crippen molar-refractivity contribution in [2.75, 3.05) is 13.1 Å². The summed E-state index contributed by atoms with van der Waals surface area (Å²) in [5.74, 6) is 1.17. The second-order valence-corrected chi connectivity index (χ2v) is 7.83. The van der Waals surface area contributed by atoms with Gasteiger partial charge >= 0.3 is 0 Å². The van der Waals surface area contributed by atoms with Crippen LogP contribution < -0.4 is 5.73 Å². The third-order valence-corrected chi connectivity index (χ3v) is 5.75. The maximum absolute atomic E-state index is 12.5. The van der Waals surface area contributed by atoms with Gasteiger partial charge in [-0.05, 0) is 37.2 Å². The highest BCUT2D eigenvalue weighted by Crippen LogP contribution is 2.38. The molecule has 104 valence electrons. The first-order valence-corrected chi connectivity index (χ1v) is 8.11. The highest BCUT2D eigenvalue weighted by Gasteiger charge is 2.39. The third-order valence-electron chi connectivity index (χ3n) is 4.26. The summed E-state index contributed by atoms with van der Waals surface area (Å²) in [4.78, 5) is 14.4. The highest BCUT2D eigenvalue weighted by atomic mass is 35.5. The van der Waals surface area contributed by atoms with Crippen LogP contribution in [0.5, 0.6) is 0 Å². The van der Waals surface area contributed by atoms with Crippen LogP contribution in [0, 0.1) is 11.8 Å². The Morgan fingerprint density at radius 1 is 1.32 bits per heavy atom. The van der Waals surface area contributed by atoms with Crippen LogP contribution in [0.15, 0.2) is 6.07 Å². The molecular weight excluding hydrogens is 303 g/mol. The van der Waals surface area contributed by atoms with Crippen LogP contribution in [-0.4, -0.2) is 29.9 Å². The van der Waals surface area contributed by atoms with Crippen LogP contribution in [-0.2, 0) is 0 Å². The van der Waals surface area contributed by atoms with Crippen LogP contribution in [0.4, 0.5) is 0 Å². The normalized spacial score (nSPS) is 30.5. The molecule has 3 rings (SSSR count). The molecule has 1 aliphatic heterocycles. The maximum atomic E-state index is 12.5. The third kappa shape index (κ3) is 2.64. The van der Waals surface area contributed by atoms with Gasteiger partial charge in [0.1, 0.15) is 4.34 Å². The molecule has 2 aliphatic rings. The lowest BCUT2D eigenvalue weighted by Crippen LogP contribution is -2.32. The van der Waals surface area contributed by atoms with Gasteiger partial charge in [-0.25, -0.2) is 0 Å². The molecule has 1 saturated carbocycles. The summed E-state index contributed by atoms with van der Waals surface area (Å²) < 4.78 is 1.05. The van der Waals surface area contributed by atoms with E-state index in [0.29, 0.717) is 32.1 Å². The van der Waals surface area contributed by atoms with Crippen LogP contribution >= 0.6 is 34.5 Å². The van der Waals surface area contributed by atoms with E-state index in [4.69, 9.17) is 28.9 Å². The summed E-state index contributed by atoms with van der Waals surface area (Å²) >= 11 is 13.2. The molecular formula is C13H16Cl2N2OS. The second kappa shape index (κ2) is 5.24. The number of nitrogens with zero attached hydrogens (tertiary/aromatic N) is 1. The van der Waals surface area contributed by atoms with Crippen LogP contribution in [0.25, 0.3) is 0 Å². The van der Waals surface area contributed by atoms with Gasteiger partial charge in [-0.2, -0.15) is 0 Å². The Morgan fingerprint density at radius 2 is 2.05 bits per heavy atom. The number of rotatable bonds is 1. The Balaban J connectivity index is 1.74. The molecule has 2 heterocycles. The van der Waals surface area contributed by atoms with E-state index in [9.17, 15) is 4.79 Å². The molecule has 19 heavy (non-hydrogen) atoms. The molecule has 0 spiro atoms. The fraction of sp³-hybridized carbons (Fsp3) is 0.615. The van der Waals surface area contributed by atoms with Gasteiger partial charge in [0.05, 0.1) is 9.90 Å². The molecule has 3 nitrogen and oxygen atoms in total. The summed E-state index contributed by atoms with van der Waals surface area (Å²) in [5, 5.41) is 0. The molecule has 2 fully saturated rings. The predicted octanol–water partition coefficient (Wildman–Crippen LogP) is 3.25. The van der Waals surface area contributed by atoms with Gasteiger partial charge in [-0.1, -0.05) is 23.2 Å². The monoisotopic (exact) mass is 318 g/mol. The van der Waals surface area contributed by atoms with Crippen LogP contribution in [0.3, 0.4) is 0 Å². The van der Waals surface area contributed by atoms with Crippen molar-refractivity contribution in [3.63, 3.8) is 0 Å². The summed E-state index contributed by atoms with van der Waals surface area (Å²) in [6, 6.07) is 1.97. The Morgan fingerprint density at radius 3 is 2.74 bits per heavy atom. The predicted molar refractivity (Wildman–Crippen MR) is 79.0 cm³/mol. The molecule has 2 N–H and O–H groups in total. The lowest BCUT2D eigenvalue weighted by atomic mass is 9.79. The molecule has 1 aromatic heterocycles. The van der Waals surface area contributed by atoms with Crippen molar-refractivity contribution in [3.05, 3.63) is 20.3 Å². The maximum Gasteiger partial charge on any atom is 0.256 e. The number of amides is 1. The SMILES string of the molecule is NC1CC[C@@H]2CN(C(=O)c3cc(Cl)sc3Cl)C[C@@H]2C1. The quantitative estimate of drug-likeness (QED) is 0.864. The number of halogens is 2. The van der Waals surface area contributed by atoms with Crippen LogP contribution in [0.1, 0.15) is 29.6 Å². The van der Waals surface area contributed by atoms with Gasteiger partial charge in [-0.3, -0.25) is 4.79 Å². The number of nitrogens with two attached hydrogens (primary N) is 1. The Hall–Kier alpha value is -0.290. The number of carbonyl (C=O) groups is 1. The second-order valence-electron chi connectivity index (χ2n) is 5.54. The van der Waals surface area contributed by atoms with E-state index in [-0.39, 0.29) is 5.91 Å². The molecule has 6 heteroatoms. The number of hydrogen-bond acceptors (Lipinski definition) is 3. The van der Waals surface area contributed by atoms with E-state index < -0.39 is 0 Å². The van der Waals surface area contributed by atoms with Crippen molar-refractivity contribution in [1.82, 2.24) is 4.90 Å². The topological polar surface area (TPSA) is 46.3 Å². The van der Waals surface area contributed by atoms with Crippen LogP contribution in [0.2, 0.25) is 8.67 Å². The highest BCUT2D eigenvalue weighted by molar-refractivity contribution is 7.20. The van der Waals surface area contributed by atoms with Crippen molar-refractivity contribution in [2.24, 2.45) is 17.6 Å². The van der Waals surface area contributed by atoms with Gasteiger partial charge < -0.3 is 10.6 Å². The standard InChI is InChI=1S/C13H16Cl2N2OS/c14-11-4-10(12(15)19-11)13(18)17-5-7-1-2-9(16)3-8(7)6-17/h4,7-9H,1-3,5-6,16H2/t7-,8+,9?/m1/s1. The average Bonchev–Trinajstić information content (AvgIpc) is 2.91. The molecule has 0 bridgehead atoms. The Bertz CT molecular complexity index is 505. The van der Waals surface area contributed by atoms with E-state index in [2.05, 4.69) is 0 Å². The minimum absolute atomic E-state index is 0.0103. The number of likely N-dealkylation sites (tertiary alicyclic amines) is 1. The zero-order valence-corrected chi connectivity index (χ0v) is 12.8. The fourth-order valence-electron chi connectivity index (χ4n) is 3.29. The molecule has 3 atom stereocenters. The van der Waals surface area contributed by atoms with E-state index in [1.807, 2.05) is 4.90 Å². The van der Waals surface area contributed by atoms with E-state index in [1.165, 1.54) is 11.3 Å². The van der Waals surface area contributed by atoms with Crippen molar-refractivity contribution < 1.29 is 4.79 Å². The van der Waals surface area contributed by atoms with E-state index in [1.54, 1.807) is 6.07 Å². The van der Waals surface area contributed by atoms with Gasteiger partial charge in [0.25, 0.3) is 5.91 Å².